The predicted molar refractivity (Wildman–Crippen MR) is 64.9 cm³/mol. The van der Waals surface area contributed by atoms with Crippen LogP contribution in [0.2, 0.25) is 0 Å². The highest BCUT2D eigenvalue weighted by Crippen LogP contribution is 2.24. The first kappa shape index (κ1) is 15.0. The highest BCUT2D eigenvalue weighted by molar-refractivity contribution is 5.80. The first-order chi connectivity index (χ1) is 8.49. The number of rotatable bonds is 6. The van der Waals surface area contributed by atoms with E-state index < -0.39 is 11.9 Å². The van der Waals surface area contributed by atoms with Gasteiger partial charge >= 0.3 is 6.08 Å². The van der Waals surface area contributed by atoms with Crippen molar-refractivity contribution in [3.63, 3.8) is 0 Å². The maximum Gasteiger partial charge on any atom is 0.301 e. The molecule has 0 N–H and O–H groups in total. The summed E-state index contributed by atoms with van der Waals surface area (Å²) in [5.41, 5.74) is 0. The van der Waals surface area contributed by atoms with E-state index in [0.717, 1.165) is 12.8 Å². The summed E-state index contributed by atoms with van der Waals surface area (Å²) in [5, 5.41) is 0. The fraction of sp³-hybridized carbons (Fsp3) is 0.643. The first-order valence-corrected chi connectivity index (χ1v) is 6.37. The van der Waals surface area contributed by atoms with E-state index in [4.69, 9.17) is 0 Å². The van der Waals surface area contributed by atoms with Crippen LogP contribution in [0.4, 0.5) is 13.2 Å². The third-order valence-electron chi connectivity index (χ3n) is 3.29. The van der Waals surface area contributed by atoms with Crippen LogP contribution in [0.25, 0.3) is 0 Å². The van der Waals surface area contributed by atoms with E-state index >= 15 is 0 Å². The van der Waals surface area contributed by atoms with Crippen molar-refractivity contribution < 1.29 is 18.0 Å². The van der Waals surface area contributed by atoms with E-state index in [1.54, 1.807) is 0 Å². The number of halogens is 3. The van der Waals surface area contributed by atoms with E-state index in [2.05, 4.69) is 0 Å². The quantitative estimate of drug-likeness (QED) is 0.627. The molecule has 4 heteroatoms. The van der Waals surface area contributed by atoms with Crippen LogP contribution in [-0.2, 0) is 4.79 Å². The normalized spacial score (nSPS) is 21.6. The maximum atomic E-state index is 12.6. The number of Topliss-reactive ketones (excluding diaryl/α,β-unsaturated/α-hetero) is 1. The summed E-state index contributed by atoms with van der Waals surface area (Å²) in [7, 11) is 0. The van der Waals surface area contributed by atoms with Gasteiger partial charge in [-0.25, -0.2) is 4.39 Å². The summed E-state index contributed by atoms with van der Waals surface area (Å²) >= 11 is 0. The van der Waals surface area contributed by atoms with Crippen LogP contribution in [0.5, 0.6) is 0 Å². The zero-order chi connectivity index (χ0) is 13.5. The van der Waals surface area contributed by atoms with E-state index in [1.165, 1.54) is 0 Å². The molecule has 18 heavy (non-hydrogen) atoms. The van der Waals surface area contributed by atoms with Gasteiger partial charge in [0, 0.05) is 19.3 Å². The zero-order valence-corrected chi connectivity index (χ0v) is 10.6. The summed E-state index contributed by atoms with van der Waals surface area (Å²) < 4.78 is 36.2. The second-order valence-electron chi connectivity index (χ2n) is 5.01. The van der Waals surface area contributed by atoms with Crippen LogP contribution in [-0.4, -0.2) is 5.78 Å². The number of ketones is 1. The molecule has 0 aromatic heterocycles. The van der Waals surface area contributed by atoms with Crippen molar-refractivity contribution in [2.75, 3.05) is 0 Å². The number of allylic oxidation sites excluding steroid dienone is 3. The third kappa shape index (κ3) is 5.52. The van der Waals surface area contributed by atoms with E-state index in [0.29, 0.717) is 31.0 Å². The fourth-order valence-electron chi connectivity index (χ4n) is 2.10. The predicted octanol–water partition coefficient (Wildman–Crippen LogP) is 4.80. The first-order valence-electron chi connectivity index (χ1n) is 6.37. The largest absolute Gasteiger partial charge is 0.301 e. The van der Waals surface area contributed by atoms with Gasteiger partial charge in [-0.15, -0.1) is 0 Å². The highest BCUT2D eigenvalue weighted by Gasteiger charge is 2.19. The lowest BCUT2D eigenvalue weighted by Crippen LogP contribution is -1.95. The Morgan fingerprint density at radius 2 is 2.17 bits per heavy atom. The van der Waals surface area contributed by atoms with Crippen molar-refractivity contribution in [3.8, 4) is 0 Å². The smallest absolute Gasteiger partial charge is 0.300 e. The van der Waals surface area contributed by atoms with Gasteiger partial charge in [-0.05, 0) is 31.1 Å². The summed E-state index contributed by atoms with van der Waals surface area (Å²) in [4.78, 5) is 11.0. The Kier molecular flexibility index (Phi) is 6.16. The minimum absolute atomic E-state index is 0.170. The Morgan fingerprint density at radius 1 is 1.44 bits per heavy atom. The van der Waals surface area contributed by atoms with E-state index in [9.17, 15) is 18.0 Å². The molecule has 0 heterocycles. The van der Waals surface area contributed by atoms with Crippen molar-refractivity contribution in [3.05, 3.63) is 24.1 Å². The Balaban J connectivity index is 2.20. The van der Waals surface area contributed by atoms with Gasteiger partial charge in [-0.2, -0.15) is 8.78 Å². The van der Waals surface area contributed by atoms with Crippen molar-refractivity contribution in [1.29, 1.82) is 0 Å². The summed E-state index contributed by atoms with van der Waals surface area (Å²) in [5.74, 6) is -0.483. The maximum absolute atomic E-state index is 12.6. The van der Waals surface area contributed by atoms with Crippen molar-refractivity contribution in [1.82, 2.24) is 0 Å². The van der Waals surface area contributed by atoms with Crippen LogP contribution in [0.1, 0.15) is 45.4 Å². The second kappa shape index (κ2) is 7.39. The average molecular weight is 260 g/mol. The van der Waals surface area contributed by atoms with E-state index in [-0.39, 0.29) is 12.3 Å². The molecule has 1 nitrogen and oxygen atoms in total. The number of carbonyl (C=O) groups excluding carboxylic acids is 1. The van der Waals surface area contributed by atoms with Gasteiger partial charge in [0.05, 0.1) is 0 Å². The minimum atomic E-state index is -2.21. The molecule has 1 saturated carbocycles. The fourth-order valence-corrected chi connectivity index (χ4v) is 2.10. The molecule has 0 spiro atoms. The van der Waals surface area contributed by atoms with E-state index in [1.807, 2.05) is 19.1 Å². The van der Waals surface area contributed by atoms with Crippen LogP contribution in [0.15, 0.2) is 24.1 Å². The summed E-state index contributed by atoms with van der Waals surface area (Å²) in [6.45, 7) is 1.91. The molecule has 1 rings (SSSR count). The number of hydrogen-bond donors (Lipinski definition) is 0. The number of hydrogen-bond acceptors (Lipinski definition) is 1. The lowest BCUT2D eigenvalue weighted by atomic mass is 9.99. The molecule has 0 radical (unpaired) electrons. The molecule has 0 aliphatic heterocycles. The lowest BCUT2D eigenvalue weighted by molar-refractivity contribution is -0.117. The molecule has 0 unspecified atom stereocenters. The van der Waals surface area contributed by atoms with Crippen molar-refractivity contribution >= 4 is 5.78 Å². The molecule has 0 bridgehead atoms. The Hall–Kier alpha value is -1.06. The van der Waals surface area contributed by atoms with Gasteiger partial charge < -0.3 is 0 Å². The van der Waals surface area contributed by atoms with Crippen LogP contribution in [0, 0.1) is 11.8 Å². The van der Waals surface area contributed by atoms with Gasteiger partial charge in [0.2, 0.25) is 0 Å². The van der Waals surface area contributed by atoms with Crippen molar-refractivity contribution in [2.45, 2.75) is 45.4 Å². The van der Waals surface area contributed by atoms with Gasteiger partial charge in [-0.1, -0.05) is 19.1 Å². The Morgan fingerprint density at radius 3 is 2.72 bits per heavy atom. The standard InChI is InChI=1S/C14H19F3O/c1-10(5-8-13(15)14(16)17)3-2-4-11-6-7-12(18)9-11/h2,4,10-11H,3,5-9H2,1H3/b4-2+/t10-,11+/m1/s1. The molecule has 2 atom stereocenters. The lowest BCUT2D eigenvalue weighted by Gasteiger charge is -2.07. The Bertz CT molecular complexity index is 343. The topological polar surface area (TPSA) is 17.1 Å². The molecule has 102 valence electrons. The summed E-state index contributed by atoms with van der Waals surface area (Å²) in [6, 6.07) is 0. The van der Waals surface area contributed by atoms with Gasteiger partial charge in [0.15, 0.2) is 5.83 Å². The second-order valence-corrected chi connectivity index (χ2v) is 5.01. The van der Waals surface area contributed by atoms with Gasteiger partial charge in [0.1, 0.15) is 5.78 Å². The minimum Gasteiger partial charge on any atom is -0.300 e. The molecular formula is C14H19F3O. The molecule has 0 aromatic carbocycles. The average Bonchev–Trinajstić information content (AvgIpc) is 2.71. The SMILES string of the molecule is C[C@H](C/C=C/[C@H]1CCC(=O)C1)CCC(F)=C(F)F. The Labute approximate surface area is 106 Å². The molecule has 0 amide bonds. The molecule has 1 aliphatic carbocycles. The number of carbonyl (C=O) groups is 1. The van der Waals surface area contributed by atoms with Crippen molar-refractivity contribution in [2.24, 2.45) is 11.8 Å². The van der Waals surface area contributed by atoms with Crippen LogP contribution < -0.4 is 0 Å². The molecule has 1 fully saturated rings. The van der Waals surface area contributed by atoms with Crippen LogP contribution in [0.3, 0.4) is 0 Å². The van der Waals surface area contributed by atoms with Gasteiger partial charge in [0.25, 0.3) is 0 Å². The van der Waals surface area contributed by atoms with Crippen LogP contribution >= 0.6 is 0 Å². The highest BCUT2D eigenvalue weighted by atomic mass is 19.3. The molecule has 1 aliphatic rings. The zero-order valence-electron chi connectivity index (χ0n) is 10.6. The third-order valence-corrected chi connectivity index (χ3v) is 3.29. The molecule has 0 aromatic rings. The molecule has 0 saturated heterocycles. The molecular weight excluding hydrogens is 241 g/mol. The monoisotopic (exact) mass is 260 g/mol. The summed E-state index contributed by atoms with van der Waals surface area (Å²) in [6.07, 6.45) is 4.97. The van der Waals surface area contributed by atoms with Gasteiger partial charge in [-0.3, -0.25) is 4.79 Å².